The van der Waals surface area contributed by atoms with E-state index in [1.54, 1.807) is 4.90 Å². The Bertz CT molecular complexity index is 1120. The number of nitrogens with one attached hydrogen (secondary N) is 1. The van der Waals surface area contributed by atoms with Crippen LogP contribution in [0.4, 0.5) is 0 Å². The lowest BCUT2D eigenvalue weighted by Crippen LogP contribution is -2.51. The molecule has 3 rings (SSSR count). The number of amides is 2. The summed E-state index contributed by atoms with van der Waals surface area (Å²) in [6.45, 7) is 9.29. The number of hydrogen-bond donors (Lipinski definition) is 1. The fourth-order valence-corrected chi connectivity index (χ4v) is 4.26. The lowest BCUT2D eigenvalue weighted by molar-refractivity contribution is -0.140. The molecule has 35 heavy (non-hydrogen) atoms. The SMILES string of the molecule is CCCCNC(=O)[C@@H](Cc1ccccc1)N(Cc1cccc(C)c1)C(=O)Cc1ccc(C)c(C)c1. The molecule has 4 heteroatoms. The Hall–Kier alpha value is -3.40. The molecule has 3 aromatic carbocycles. The van der Waals surface area contributed by atoms with E-state index in [0.717, 1.165) is 35.1 Å². The summed E-state index contributed by atoms with van der Waals surface area (Å²) in [5.74, 6) is -0.135. The summed E-state index contributed by atoms with van der Waals surface area (Å²) in [4.78, 5) is 29.1. The molecule has 3 aromatic rings. The second-order valence-electron chi connectivity index (χ2n) is 9.46. The first-order valence-electron chi connectivity index (χ1n) is 12.6. The van der Waals surface area contributed by atoms with Crippen molar-refractivity contribution in [1.29, 1.82) is 0 Å². The Morgan fingerprint density at radius 2 is 1.57 bits per heavy atom. The second-order valence-corrected chi connectivity index (χ2v) is 9.46. The summed E-state index contributed by atoms with van der Waals surface area (Å²) in [6, 6.07) is 23.7. The van der Waals surface area contributed by atoms with Gasteiger partial charge in [0, 0.05) is 19.5 Å². The highest BCUT2D eigenvalue weighted by molar-refractivity contribution is 5.88. The number of benzene rings is 3. The molecule has 0 fully saturated rings. The van der Waals surface area contributed by atoms with Gasteiger partial charge in [-0.2, -0.15) is 0 Å². The minimum absolute atomic E-state index is 0.0404. The van der Waals surface area contributed by atoms with Gasteiger partial charge in [-0.25, -0.2) is 0 Å². The van der Waals surface area contributed by atoms with Crippen LogP contribution in [0, 0.1) is 20.8 Å². The summed E-state index contributed by atoms with van der Waals surface area (Å²) in [5, 5.41) is 3.08. The van der Waals surface area contributed by atoms with E-state index in [1.165, 1.54) is 11.1 Å². The molecule has 2 amide bonds. The van der Waals surface area contributed by atoms with Crippen LogP contribution in [0.5, 0.6) is 0 Å². The first-order valence-corrected chi connectivity index (χ1v) is 12.6. The van der Waals surface area contributed by atoms with Crippen LogP contribution in [0.15, 0.2) is 72.8 Å². The maximum atomic E-state index is 13.8. The first-order chi connectivity index (χ1) is 16.9. The van der Waals surface area contributed by atoms with Crippen LogP contribution in [0.1, 0.15) is 53.1 Å². The number of unbranched alkanes of at least 4 members (excludes halogenated alkanes) is 1. The van der Waals surface area contributed by atoms with E-state index in [9.17, 15) is 9.59 Å². The Morgan fingerprint density at radius 3 is 2.26 bits per heavy atom. The normalized spacial score (nSPS) is 11.7. The molecule has 0 radical (unpaired) electrons. The van der Waals surface area contributed by atoms with Crippen LogP contribution in [0.2, 0.25) is 0 Å². The molecule has 0 aliphatic rings. The molecule has 0 bridgehead atoms. The summed E-state index contributed by atoms with van der Waals surface area (Å²) in [6.07, 6.45) is 2.66. The van der Waals surface area contributed by atoms with Crippen molar-refractivity contribution in [1.82, 2.24) is 10.2 Å². The molecule has 0 aliphatic heterocycles. The van der Waals surface area contributed by atoms with Crippen LogP contribution in [-0.4, -0.2) is 29.3 Å². The van der Waals surface area contributed by atoms with Gasteiger partial charge in [-0.15, -0.1) is 0 Å². The monoisotopic (exact) mass is 470 g/mol. The van der Waals surface area contributed by atoms with Gasteiger partial charge >= 0.3 is 0 Å². The Kier molecular flexibility index (Phi) is 9.66. The van der Waals surface area contributed by atoms with Crippen molar-refractivity contribution in [2.24, 2.45) is 0 Å². The molecule has 184 valence electrons. The fourth-order valence-electron chi connectivity index (χ4n) is 4.26. The van der Waals surface area contributed by atoms with E-state index in [0.29, 0.717) is 19.5 Å². The number of nitrogens with zero attached hydrogens (tertiary/aromatic N) is 1. The van der Waals surface area contributed by atoms with Crippen LogP contribution in [0.25, 0.3) is 0 Å². The van der Waals surface area contributed by atoms with E-state index in [-0.39, 0.29) is 18.2 Å². The lowest BCUT2D eigenvalue weighted by Gasteiger charge is -2.32. The van der Waals surface area contributed by atoms with Crippen molar-refractivity contribution in [2.45, 2.75) is 66.0 Å². The third kappa shape index (κ3) is 7.81. The van der Waals surface area contributed by atoms with Crippen LogP contribution < -0.4 is 5.32 Å². The van der Waals surface area contributed by atoms with Crippen LogP contribution in [0.3, 0.4) is 0 Å². The minimum Gasteiger partial charge on any atom is -0.354 e. The molecule has 1 atom stereocenters. The quantitative estimate of drug-likeness (QED) is 0.365. The van der Waals surface area contributed by atoms with E-state index in [1.807, 2.05) is 61.5 Å². The van der Waals surface area contributed by atoms with Gasteiger partial charge in [-0.3, -0.25) is 9.59 Å². The zero-order valence-corrected chi connectivity index (χ0v) is 21.5. The predicted molar refractivity (Wildman–Crippen MR) is 143 cm³/mol. The van der Waals surface area contributed by atoms with Crippen molar-refractivity contribution in [3.63, 3.8) is 0 Å². The largest absolute Gasteiger partial charge is 0.354 e. The highest BCUT2D eigenvalue weighted by Crippen LogP contribution is 2.18. The molecular weight excluding hydrogens is 432 g/mol. The maximum Gasteiger partial charge on any atom is 0.243 e. The molecule has 0 saturated carbocycles. The van der Waals surface area contributed by atoms with Crippen molar-refractivity contribution >= 4 is 11.8 Å². The molecule has 4 nitrogen and oxygen atoms in total. The summed E-state index contributed by atoms with van der Waals surface area (Å²) < 4.78 is 0. The zero-order valence-electron chi connectivity index (χ0n) is 21.5. The van der Waals surface area contributed by atoms with Gasteiger partial charge in [-0.05, 0) is 55.0 Å². The lowest BCUT2D eigenvalue weighted by atomic mass is 10.00. The number of rotatable bonds is 11. The molecule has 0 saturated heterocycles. The number of carbonyl (C=O) groups excluding carboxylic acids is 2. The average Bonchev–Trinajstić information content (AvgIpc) is 2.84. The van der Waals surface area contributed by atoms with Gasteiger partial charge in [0.2, 0.25) is 11.8 Å². The molecular formula is C31H38N2O2. The van der Waals surface area contributed by atoms with Gasteiger partial charge in [0.25, 0.3) is 0 Å². The van der Waals surface area contributed by atoms with Gasteiger partial charge in [0.1, 0.15) is 6.04 Å². The zero-order chi connectivity index (χ0) is 25.2. The molecule has 0 heterocycles. The van der Waals surface area contributed by atoms with Gasteiger partial charge in [-0.1, -0.05) is 91.7 Å². The van der Waals surface area contributed by atoms with Crippen molar-refractivity contribution in [3.8, 4) is 0 Å². The molecule has 0 unspecified atom stereocenters. The standard InChI is InChI=1S/C31H38N2O2/c1-5-6-17-32-31(35)29(20-26-12-8-7-9-13-26)33(22-28-14-10-11-23(2)18-28)30(34)21-27-16-15-24(3)25(4)19-27/h7-16,18-19,29H,5-6,17,20-22H2,1-4H3,(H,32,35)/t29-/m1/s1. The Labute approximate surface area is 210 Å². The van der Waals surface area contributed by atoms with Crippen molar-refractivity contribution in [2.75, 3.05) is 6.54 Å². The topological polar surface area (TPSA) is 49.4 Å². The maximum absolute atomic E-state index is 13.8. The fraction of sp³-hybridized carbons (Fsp3) is 0.355. The van der Waals surface area contributed by atoms with Crippen molar-refractivity contribution < 1.29 is 9.59 Å². The smallest absolute Gasteiger partial charge is 0.243 e. The van der Waals surface area contributed by atoms with Crippen molar-refractivity contribution in [3.05, 3.63) is 106 Å². The average molecular weight is 471 g/mol. The number of aryl methyl sites for hydroxylation is 3. The molecule has 1 N–H and O–H groups in total. The van der Waals surface area contributed by atoms with E-state index >= 15 is 0 Å². The summed E-state index contributed by atoms with van der Waals surface area (Å²) >= 11 is 0. The first kappa shape index (κ1) is 26.2. The van der Waals surface area contributed by atoms with Crippen LogP contribution in [-0.2, 0) is 29.0 Å². The minimum atomic E-state index is -0.589. The summed E-state index contributed by atoms with van der Waals surface area (Å²) in [5.41, 5.74) is 6.54. The van der Waals surface area contributed by atoms with Gasteiger partial charge < -0.3 is 10.2 Å². The number of carbonyl (C=O) groups is 2. The third-order valence-corrected chi connectivity index (χ3v) is 6.46. The van der Waals surface area contributed by atoms with Gasteiger partial charge in [0.05, 0.1) is 6.42 Å². The highest BCUT2D eigenvalue weighted by atomic mass is 16.2. The molecule has 0 aromatic heterocycles. The third-order valence-electron chi connectivity index (χ3n) is 6.46. The molecule has 0 spiro atoms. The molecule has 0 aliphatic carbocycles. The Balaban J connectivity index is 1.95. The number of hydrogen-bond acceptors (Lipinski definition) is 2. The summed E-state index contributed by atoms with van der Waals surface area (Å²) in [7, 11) is 0. The van der Waals surface area contributed by atoms with Gasteiger partial charge in [0.15, 0.2) is 0 Å². The van der Waals surface area contributed by atoms with E-state index in [2.05, 4.69) is 44.3 Å². The van der Waals surface area contributed by atoms with E-state index < -0.39 is 6.04 Å². The second kappa shape index (κ2) is 12.9. The van der Waals surface area contributed by atoms with E-state index in [4.69, 9.17) is 0 Å². The predicted octanol–water partition coefficient (Wildman–Crippen LogP) is 5.71. The Morgan fingerprint density at radius 1 is 0.829 bits per heavy atom. The highest BCUT2D eigenvalue weighted by Gasteiger charge is 2.30. The van der Waals surface area contributed by atoms with Crippen LogP contribution >= 0.6 is 0 Å².